The first-order valence-electron chi connectivity index (χ1n) is 11.9. The summed E-state index contributed by atoms with van der Waals surface area (Å²) in [7, 11) is 0. The molecule has 3 aliphatic heterocycles. The molecule has 0 aromatic rings. The highest BCUT2D eigenvalue weighted by Gasteiger charge is 2.48. The maximum absolute atomic E-state index is 10.8. The van der Waals surface area contributed by atoms with Crippen LogP contribution in [0.5, 0.6) is 0 Å². The van der Waals surface area contributed by atoms with Crippen molar-refractivity contribution in [2.75, 3.05) is 0 Å². The molecular weight excluding hydrogens is 364 g/mol. The zero-order valence-electron chi connectivity index (χ0n) is 19.1. The van der Waals surface area contributed by atoms with Crippen molar-refractivity contribution < 1.29 is 19.0 Å². The molecule has 3 aliphatic rings. The molecule has 0 aromatic carbocycles. The number of aldehydes is 1. The van der Waals surface area contributed by atoms with Gasteiger partial charge < -0.3 is 19.0 Å². The molecule has 4 nitrogen and oxygen atoms in total. The fourth-order valence-electron chi connectivity index (χ4n) is 5.66. The van der Waals surface area contributed by atoms with Crippen LogP contribution in [0.25, 0.3) is 0 Å². The highest BCUT2D eigenvalue weighted by molar-refractivity contribution is 5.49. The minimum atomic E-state index is 0.0291. The quantitative estimate of drug-likeness (QED) is 0.423. The summed E-state index contributed by atoms with van der Waals surface area (Å²) in [6.45, 7) is 15.8. The zero-order valence-corrected chi connectivity index (χ0v) is 19.1. The Balaban J connectivity index is 1.65. The average molecular weight is 407 g/mol. The summed E-state index contributed by atoms with van der Waals surface area (Å²) in [5.41, 5.74) is 1.19. The average Bonchev–Trinajstić information content (AvgIpc) is 2.69. The number of fused-ring (bicyclic) bond motifs is 1. The third-order valence-electron chi connectivity index (χ3n) is 7.87. The Morgan fingerprint density at radius 3 is 2.45 bits per heavy atom. The molecule has 0 aromatic heterocycles. The van der Waals surface area contributed by atoms with Crippen molar-refractivity contribution in [3.63, 3.8) is 0 Å². The summed E-state index contributed by atoms with van der Waals surface area (Å²) in [6, 6.07) is 0. The molecule has 0 spiro atoms. The van der Waals surface area contributed by atoms with Gasteiger partial charge in [-0.05, 0) is 54.9 Å². The molecule has 0 bridgehead atoms. The van der Waals surface area contributed by atoms with E-state index in [9.17, 15) is 4.79 Å². The van der Waals surface area contributed by atoms with Gasteiger partial charge >= 0.3 is 0 Å². The first kappa shape index (κ1) is 23.0. The lowest BCUT2D eigenvalue weighted by molar-refractivity contribution is -0.244. The fraction of sp³-hybridized carbons (Fsp3) is 0.880. The van der Waals surface area contributed by atoms with Crippen LogP contribution in [0.2, 0.25) is 0 Å². The predicted octanol–water partition coefficient (Wildman–Crippen LogP) is 5.34. The Labute approximate surface area is 177 Å². The smallest absolute Gasteiger partial charge is 0.120 e. The Kier molecular flexibility index (Phi) is 7.97. The van der Waals surface area contributed by atoms with Gasteiger partial charge in [-0.15, -0.1) is 0 Å². The van der Waals surface area contributed by atoms with Gasteiger partial charge in [-0.1, -0.05) is 47.6 Å². The lowest BCUT2D eigenvalue weighted by Crippen LogP contribution is -2.56. The topological polar surface area (TPSA) is 44.8 Å². The molecule has 4 heteroatoms. The molecule has 0 radical (unpaired) electrons. The number of carbonyl (C=O) groups is 1. The van der Waals surface area contributed by atoms with Gasteiger partial charge in [0.25, 0.3) is 0 Å². The van der Waals surface area contributed by atoms with E-state index >= 15 is 0 Å². The number of rotatable bonds is 7. The van der Waals surface area contributed by atoms with Gasteiger partial charge in [-0.25, -0.2) is 0 Å². The minimum Gasteiger partial charge on any atom is -0.372 e. The van der Waals surface area contributed by atoms with Crippen LogP contribution < -0.4 is 0 Å². The molecule has 3 saturated heterocycles. The number of hydrogen-bond donors (Lipinski definition) is 0. The molecule has 0 saturated carbocycles. The second-order valence-electron chi connectivity index (χ2n) is 10.0. The second-order valence-corrected chi connectivity index (χ2v) is 10.0. The van der Waals surface area contributed by atoms with E-state index in [0.29, 0.717) is 36.2 Å². The van der Waals surface area contributed by atoms with Crippen LogP contribution in [0.3, 0.4) is 0 Å². The Morgan fingerprint density at radius 2 is 1.76 bits per heavy atom. The molecule has 3 fully saturated rings. The Morgan fingerprint density at radius 1 is 1.00 bits per heavy atom. The molecule has 2 unspecified atom stereocenters. The van der Waals surface area contributed by atoms with Gasteiger partial charge in [0.15, 0.2) is 0 Å². The summed E-state index contributed by atoms with van der Waals surface area (Å²) in [6.07, 6.45) is 8.74. The van der Waals surface area contributed by atoms with Crippen molar-refractivity contribution in [1.29, 1.82) is 0 Å². The van der Waals surface area contributed by atoms with Crippen molar-refractivity contribution in [3.05, 3.63) is 12.2 Å². The van der Waals surface area contributed by atoms with Gasteiger partial charge in [0.05, 0.1) is 36.6 Å². The van der Waals surface area contributed by atoms with Crippen molar-refractivity contribution in [2.24, 2.45) is 23.7 Å². The highest BCUT2D eigenvalue weighted by atomic mass is 16.6. The largest absolute Gasteiger partial charge is 0.372 e. The third-order valence-corrected chi connectivity index (χ3v) is 7.87. The predicted molar refractivity (Wildman–Crippen MR) is 116 cm³/mol. The van der Waals surface area contributed by atoms with Gasteiger partial charge in [-0.3, -0.25) is 0 Å². The molecule has 3 heterocycles. The van der Waals surface area contributed by atoms with E-state index in [4.69, 9.17) is 14.2 Å². The van der Waals surface area contributed by atoms with Gasteiger partial charge in [0, 0.05) is 12.8 Å². The van der Waals surface area contributed by atoms with Crippen molar-refractivity contribution in [1.82, 2.24) is 0 Å². The highest BCUT2D eigenvalue weighted by Crippen LogP contribution is 2.43. The van der Waals surface area contributed by atoms with E-state index < -0.39 is 0 Å². The van der Waals surface area contributed by atoms with Crippen LogP contribution in [0.4, 0.5) is 0 Å². The number of ether oxygens (including phenoxy) is 3. The Hall–Kier alpha value is -0.710. The van der Waals surface area contributed by atoms with E-state index in [1.54, 1.807) is 0 Å². The van der Waals surface area contributed by atoms with E-state index in [1.807, 2.05) is 0 Å². The van der Waals surface area contributed by atoms with Crippen LogP contribution in [0.15, 0.2) is 12.2 Å². The molecular formula is C25H42O4. The monoisotopic (exact) mass is 406 g/mol. The first-order chi connectivity index (χ1) is 13.8. The fourth-order valence-corrected chi connectivity index (χ4v) is 5.66. The first-order valence-corrected chi connectivity index (χ1v) is 11.9. The molecule has 0 aliphatic carbocycles. The summed E-state index contributed by atoms with van der Waals surface area (Å²) >= 11 is 0. The van der Waals surface area contributed by atoms with Gasteiger partial charge in [0.1, 0.15) is 6.29 Å². The van der Waals surface area contributed by atoms with Crippen LogP contribution in [0, 0.1) is 23.7 Å². The lowest BCUT2D eigenvalue weighted by atomic mass is 9.74. The summed E-state index contributed by atoms with van der Waals surface area (Å²) in [5, 5.41) is 0. The minimum absolute atomic E-state index is 0.0291. The molecule has 3 rings (SSSR count). The maximum Gasteiger partial charge on any atom is 0.120 e. The summed E-state index contributed by atoms with van der Waals surface area (Å²) in [5.74, 6) is 1.88. The maximum atomic E-state index is 10.8. The molecule has 0 N–H and O–H groups in total. The standard InChI is InChI=1S/C25H42O4/c1-7-9-21-16(3)13-24-25(29-21)19(6)18(5)23(28-24)14-22-17(4)15(2)12-20(27-22)10-8-11-26/h11,15-16,18-25H,4,7-10,12-14H2,1-3,5-6H3/t15?,16-,18-,19?,20+,21-,22-,23+,24+,25+/m1/s1. The second kappa shape index (κ2) is 10.1. The van der Waals surface area contributed by atoms with E-state index in [0.717, 1.165) is 38.4 Å². The normalized spacial score (nSPS) is 45.6. The van der Waals surface area contributed by atoms with Crippen LogP contribution in [0.1, 0.15) is 79.6 Å². The lowest BCUT2D eigenvalue weighted by Gasteiger charge is -2.51. The third kappa shape index (κ3) is 5.14. The summed E-state index contributed by atoms with van der Waals surface area (Å²) in [4.78, 5) is 10.8. The molecule has 0 amide bonds. The number of hydrogen-bond acceptors (Lipinski definition) is 4. The molecule has 10 atom stereocenters. The SMILES string of the molecule is C=C1C(C)C[C@H](CCC=O)O[C@@H]1C[C@@H]1O[C@H]2C[C@@H](C)[C@@H](CCC)O[C@H]2C(C)[C@H]1C. The van der Waals surface area contributed by atoms with Crippen LogP contribution in [-0.4, -0.2) is 42.9 Å². The molecule has 29 heavy (non-hydrogen) atoms. The summed E-state index contributed by atoms with van der Waals surface area (Å²) < 4.78 is 19.6. The number of carbonyl (C=O) groups excluding carboxylic acids is 1. The van der Waals surface area contributed by atoms with Crippen molar-refractivity contribution in [3.8, 4) is 0 Å². The van der Waals surface area contributed by atoms with Crippen LogP contribution in [-0.2, 0) is 19.0 Å². The van der Waals surface area contributed by atoms with Crippen LogP contribution >= 0.6 is 0 Å². The van der Waals surface area contributed by atoms with Crippen molar-refractivity contribution in [2.45, 2.75) is 116 Å². The van der Waals surface area contributed by atoms with Gasteiger partial charge in [0.2, 0.25) is 0 Å². The van der Waals surface area contributed by atoms with Gasteiger partial charge in [-0.2, -0.15) is 0 Å². The molecule has 166 valence electrons. The van der Waals surface area contributed by atoms with E-state index in [1.165, 1.54) is 12.0 Å². The Bertz CT molecular complexity index is 561. The van der Waals surface area contributed by atoms with E-state index in [2.05, 4.69) is 41.2 Å². The van der Waals surface area contributed by atoms with E-state index in [-0.39, 0.29) is 30.5 Å². The van der Waals surface area contributed by atoms with Crippen molar-refractivity contribution >= 4 is 6.29 Å². The zero-order chi connectivity index (χ0) is 21.1.